The van der Waals surface area contributed by atoms with Gasteiger partial charge in [0.15, 0.2) is 6.29 Å². The van der Waals surface area contributed by atoms with Gasteiger partial charge in [-0.2, -0.15) is 0 Å². The summed E-state index contributed by atoms with van der Waals surface area (Å²) in [5.41, 5.74) is 0.520. The van der Waals surface area contributed by atoms with Crippen molar-refractivity contribution >= 4 is 38.1 Å². The number of hydrogen-bond acceptors (Lipinski definition) is 2. The summed E-state index contributed by atoms with van der Waals surface area (Å²) in [7, 11) is 1.53. The molecular formula is C8H6Br2O2. The first kappa shape index (κ1) is 9.74. The van der Waals surface area contributed by atoms with E-state index in [4.69, 9.17) is 4.74 Å². The minimum atomic E-state index is 0.520. The van der Waals surface area contributed by atoms with Crippen molar-refractivity contribution in [1.29, 1.82) is 0 Å². The van der Waals surface area contributed by atoms with Crippen LogP contribution in [-0.4, -0.2) is 13.4 Å². The molecule has 0 atom stereocenters. The summed E-state index contributed by atoms with van der Waals surface area (Å²) >= 11 is 6.56. The Labute approximate surface area is 87.2 Å². The van der Waals surface area contributed by atoms with Gasteiger partial charge in [0.25, 0.3) is 0 Å². The fourth-order valence-electron chi connectivity index (χ4n) is 0.836. The SMILES string of the molecule is COc1ccc(Br)c(Br)c1C=O. The van der Waals surface area contributed by atoms with Crippen LogP contribution in [0.5, 0.6) is 5.75 Å². The first-order chi connectivity index (χ1) is 5.70. The lowest BCUT2D eigenvalue weighted by molar-refractivity contribution is 0.112. The molecule has 0 aliphatic rings. The Morgan fingerprint density at radius 2 is 2.08 bits per heavy atom. The van der Waals surface area contributed by atoms with Gasteiger partial charge in [0, 0.05) is 8.95 Å². The van der Waals surface area contributed by atoms with Crippen molar-refractivity contribution in [3.05, 3.63) is 26.6 Å². The lowest BCUT2D eigenvalue weighted by Crippen LogP contribution is -1.91. The van der Waals surface area contributed by atoms with Gasteiger partial charge in [0.2, 0.25) is 0 Å². The van der Waals surface area contributed by atoms with Crippen LogP contribution < -0.4 is 4.74 Å². The summed E-state index contributed by atoms with van der Waals surface area (Å²) < 4.78 is 6.55. The molecule has 64 valence electrons. The number of carbonyl (C=O) groups excluding carboxylic acids is 1. The van der Waals surface area contributed by atoms with Gasteiger partial charge in [-0.3, -0.25) is 4.79 Å². The maximum atomic E-state index is 10.6. The molecule has 0 aliphatic carbocycles. The van der Waals surface area contributed by atoms with Crippen molar-refractivity contribution < 1.29 is 9.53 Å². The Hall–Kier alpha value is -0.350. The Morgan fingerprint density at radius 3 is 2.58 bits per heavy atom. The highest BCUT2D eigenvalue weighted by molar-refractivity contribution is 9.13. The lowest BCUT2D eigenvalue weighted by Gasteiger charge is -2.05. The second-order valence-corrected chi connectivity index (χ2v) is 3.74. The van der Waals surface area contributed by atoms with Crippen molar-refractivity contribution in [1.82, 2.24) is 0 Å². The Kier molecular flexibility index (Phi) is 3.29. The molecule has 2 nitrogen and oxygen atoms in total. The first-order valence-corrected chi connectivity index (χ1v) is 4.76. The zero-order valence-electron chi connectivity index (χ0n) is 6.30. The number of aldehydes is 1. The van der Waals surface area contributed by atoms with Gasteiger partial charge in [-0.05, 0) is 44.0 Å². The van der Waals surface area contributed by atoms with E-state index >= 15 is 0 Å². The maximum absolute atomic E-state index is 10.6. The number of hydrogen-bond donors (Lipinski definition) is 0. The van der Waals surface area contributed by atoms with Crippen LogP contribution in [0.4, 0.5) is 0 Å². The molecule has 0 aromatic heterocycles. The molecule has 1 rings (SSSR count). The third-order valence-electron chi connectivity index (χ3n) is 1.43. The summed E-state index contributed by atoms with van der Waals surface area (Å²) in [6.45, 7) is 0. The Morgan fingerprint density at radius 1 is 1.42 bits per heavy atom. The minimum absolute atomic E-state index is 0.520. The van der Waals surface area contributed by atoms with Crippen molar-refractivity contribution in [3.63, 3.8) is 0 Å². The van der Waals surface area contributed by atoms with E-state index < -0.39 is 0 Å². The lowest BCUT2D eigenvalue weighted by atomic mass is 10.2. The smallest absolute Gasteiger partial charge is 0.154 e. The summed E-state index contributed by atoms with van der Waals surface area (Å²) in [4.78, 5) is 10.6. The summed E-state index contributed by atoms with van der Waals surface area (Å²) in [5.74, 6) is 0.570. The van der Waals surface area contributed by atoms with Crippen LogP contribution in [-0.2, 0) is 0 Å². The van der Waals surface area contributed by atoms with Crippen molar-refractivity contribution in [3.8, 4) is 5.75 Å². The fraction of sp³-hybridized carbons (Fsp3) is 0.125. The molecule has 0 N–H and O–H groups in total. The van der Waals surface area contributed by atoms with E-state index in [1.54, 1.807) is 6.07 Å². The quantitative estimate of drug-likeness (QED) is 0.784. The number of rotatable bonds is 2. The van der Waals surface area contributed by atoms with Crippen molar-refractivity contribution in [2.45, 2.75) is 0 Å². The molecule has 1 aromatic carbocycles. The number of methoxy groups -OCH3 is 1. The van der Waals surface area contributed by atoms with Crippen LogP contribution in [0.1, 0.15) is 10.4 Å². The molecule has 0 amide bonds. The van der Waals surface area contributed by atoms with E-state index in [-0.39, 0.29) is 0 Å². The third-order valence-corrected chi connectivity index (χ3v) is 3.48. The van der Waals surface area contributed by atoms with Gasteiger partial charge in [-0.25, -0.2) is 0 Å². The van der Waals surface area contributed by atoms with E-state index in [1.807, 2.05) is 6.07 Å². The molecule has 1 aromatic rings. The summed E-state index contributed by atoms with van der Waals surface area (Å²) in [5, 5.41) is 0. The Balaban J connectivity index is 3.35. The minimum Gasteiger partial charge on any atom is -0.496 e. The van der Waals surface area contributed by atoms with Crippen LogP contribution in [0.3, 0.4) is 0 Å². The molecule has 4 heteroatoms. The van der Waals surface area contributed by atoms with Crippen molar-refractivity contribution in [2.24, 2.45) is 0 Å². The summed E-state index contributed by atoms with van der Waals surface area (Å²) in [6, 6.07) is 3.55. The van der Waals surface area contributed by atoms with Crippen LogP contribution in [0.25, 0.3) is 0 Å². The largest absolute Gasteiger partial charge is 0.496 e. The average molecular weight is 294 g/mol. The second kappa shape index (κ2) is 4.05. The molecule has 0 fully saturated rings. The number of benzene rings is 1. The van der Waals surface area contributed by atoms with Gasteiger partial charge >= 0.3 is 0 Å². The number of halogens is 2. The van der Waals surface area contributed by atoms with Gasteiger partial charge < -0.3 is 4.74 Å². The number of carbonyl (C=O) groups is 1. The average Bonchev–Trinajstić information content (AvgIpc) is 2.09. The van der Waals surface area contributed by atoms with E-state index in [0.717, 1.165) is 15.2 Å². The van der Waals surface area contributed by atoms with Crippen LogP contribution in [0, 0.1) is 0 Å². The first-order valence-electron chi connectivity index (χ1n) is 3.18. The maximum Gasteiger partial charge on any atom is 0.154 e. The van der Waals surface area contributed by atoms with E-state index in [2.05, 4.69) is 31.9 Å². The Bertz CT molecular complexity index is 310. The predicted molar refractivity (Wildman–Crippen MR) is 53.8 cm³/mol. The zero-order valence-corrected chi connectivity index (χ0v) is 9.48. The molecule has 0 aliphatic heterocycles. The van der Waals surface area contributed by atoms with E-state index in [1.165, 1.54) is 7.11 Å². The second-order valence-electron chi connectivity index (χ2n) is 2.10. The van der Waals surface area contributed by atoms with Gasteiger partial charge in [-0.15, -0.1) is 0 Å². The highest BCUT2D eigenvalue weighted by Crippen LogP contribution is 2.31. The van der Waals surface area contributed by atoms with Crippen LogP contribution in [0.15, 0.2) is 21.1 Å². The third kappa shape index (κ3) is 1.69. The highest BCUT2D eigenvalue weighted by Gasteiger charge is 2.08. The topological polar surface area (TPSA) is 26.3 Å². The molecule has 0 spiro atoms. The molecule has 0 heterocycles. The number of ether oxygens (including phenoxy) is 1. The molecule has 0 saturated heterocycles. The summed E-state index contributed by atoms with van der Waals surface area (Å²) in [6.07, 6.45) is 0.758. The predicted octanol–water partition coefficient (Wildman–Crippen LogP) is 3.03. The molecule has 0 radical (unpaired) electrons. The standard InChI is InChI=1S/C8H6Br2O2/c1-12-7-3-2-6(9)8(10)5(7)4-11/h2-4H,1H3. The fourth-order valence-corrected chi connectivity index (χ4v) is 1.60. The van der Waals surface area contributed by atoms with Gasteiger partial charge in [-0.1, -0.05) is 0 Å². The van der Waals surface area contributed by atoms with Crippen LogP contribution in [0.2, 0.25) is 0 Å². The van der Waals surface area contributed by atoms with Gasteiger partial charge in [0.1, 0.15) is 5.75 Å². The van der Waals surface area contributed by atoms with Gasteiger partial charge in [0.05, 0.1) is 12.7 Å². The zero-order chi connectivity index (χ0) is 9.14. The molecular weight excluding hydrogens is 288 g/mol. The normalized spacial score (nSPS) is 9.58. The molecule has 0 bridgehead atoms. The van der Waals surface area contributed by atoms with E-state index in [0.29, 0.717) is 11.3 Å². The molecule has 12 heavy (non-hydrogen) atoms. The monoisotopic (exact) mass is 292 g/mol. The molecule has 0 unspecified atom stereocenters. The van der Waals surface area contributed by atoms with Crippen molar-refractivity contribution in [2.75, 3.05) is 7.11 Å². The van der Waals surface area contributed by atoms with Crippen LogP contribution >= 0.6 is 31.9 Å². The molecule has 0 saturated carbocycles. The highest BCUT2D eigenvalue weighted by atomic mass is 79.9. The van der Waals surface area contributed by atoms with E-state index in [9.17, 15) is 4.79 Å².